The second kappa shape index (κ2) is 28.7. The number of fused-ring (bicyclic) bond motifs is 6. The number of aromatic nitrogens is 6. The number of para-hydroxylation sites is 2. The van der Waals surface area contributed by atoms with E-state index in [-0.39, 0.29) is 0 Å². The molecule has 0 saturated carbocycles. The predicted molar refractivity (Wildman–Crippen MR) is 440 cm³/mol. The summed E-state index contributed by atoms with van der Waals surface area (Å²) in [6, 6.07) is 140. The highest BCUT2D eigenvalue weighted by atomic mass is 14.9. The molecule has 0 spiro atoms. The molecule has 4 aromatic heterocycles. The van der Waals surface area contributed by atoms with E-state index in [1.807, 2.05) is 66.7 Å². The highest BCUT2D eigenvalue weighted by molar-refractivity contribution is 6.18. The summed E-state index contributed by atoms with van der Waals surface area (Å²) in [4.78, 5) is 30.5. The summed E-state index contributed by atoms with van der Waals surface area (Å²) in [7, 11) is 0. The molecule has 0 aliphatic heterocycles. The molecule has 0 radical (unpaired) electrons. The number of benzene rings is 15. The molecule has 0 N–H and O–H groups in total. The van der Waals surface area contributed by atoms with Crippen molar-refractivity contribution in [3.63, 3.8) is 0 Å². The van der Waals surface area contributed by atoms with Crippen LogP contribution in [0.5, 0.6) is 0 Å². The van der Waals surface area contributed by atoms with Gasteiger partial charge in [0.1, 0.15) is 0 Å². The fourth-order valence-electron chi connectivity index (χ4n) is 14.5. The molecule has 19 rings (SSSR count). The van der Waals surface area contributed by atoms with Crippen molar-refractivity contribution in [2.24, 2.45) is 0 Å². The Hall–Kier alpha value is -14.2. The smallest absolute Gasteiger partial charge is 0.160 e. The van der Waals surface area contributed by atoms with Gasteiger partial charge in [-0.2, -0.15) is 0 Å². The number of rotatable bonds is 13. The van der Waals surface area contributed by atoms with Crippen LogP contribution < -0.4 is 0 Å². The van der Waals surface area contributed by atoms with Gasteiger partial charge in [-0.05, 0) is 92.0 Å². The van der Waals surface area contributed by atoms with Crippen molar-refractivity contribution in [3.8, 4) is 146 Å². The van der Waals surface area contributed by atoms with Gasteiger partial charge in [0.25, 0.3) is 0 Å². The highest BCUT2D eigenvalue weighted by Crippen LogP contribution is 2.43. The minimum absolute atomic E-state index is 0.700. The lowest BCUT2D eigenvalue weighted by atomic mass is 9.91. The molecule has 496 valence electrons. The molecule has 6 heteroatoms. The molecule has 6 nitrogen and oxygen atoms in total. The minimum Gasteiger partial charge on any atom is -0.247 e. The Labute approximate surface area is 615 Å². The first-order valence-electron chi connectivity index (χ1n) is 35.8. The largest absolute Gasteiger partial charge is 0.247 e. The molecule has 4 heterocycles. The van der Waals surface area contributed by atoms with Crippen LogP contribution in [0.25, 0.3) is 189 Å². The van der Waals surface area contributed by atoms with Gasteiger partial charge in [-0.3, -0.25) is 0 Å². The van der Waals surface area contributed by atoms with E-state index in [2.05, 4.69) is 334 Å². The zero-order valence-corrected chi connectivity index (χ0v) is 57.8. The molecular weight excluding hydrogens is 1290 g/mol. The van der Waals surface area contributed by atoms with Crippen LogP contribution in [0.3, 0.4) is 0 Å². The molecule has 0 bridgehead atoms. The van der Waals surface area contributed by atoms with Crippen molar-refractivity contribution >= 4 is 43.4 Å². The van der Waals surface area contributed by atoms with Crippen LogP contribution in [-0.4, -0.2) is 29.9 Å². The van der Waals surface area contributed by atoms with Crippen LogP contribution in [0.15, 0.2) is 400 Å². The van der Waals surface area contributed by atoms with Crippen LogP contribution in [0.2, 0.25) is 0 Å². The third-order valence-corrected chi connectivity index (χ3v) is 19.8. The monoisotopic (exact) mass is 1350 g/mol. The van der Waals surface area contributed by atoms with Gasteiger partial charge in [0.05, 0.1) is 45.2 Å². The van der Waals surface area contributed by atoms with Crippen LogP contribution in [0, 0.1) is 0 Å². The lowest BCUT2D eigenvalue weighted by Gasteiger charge is -2.15. The van der Waals surface area contributed by atoms with Crippen molar-refractivity contribution in [1.82, 2.24) is 29.9 Å². The van der Waals surface area contributed by atoms with Crippen LogP contribution in [0.4, 0.5) is 0 Å². The SMILES string of the molecule is c1ccc(-c2cc(-c3ccc(-c4cccc(-c5cccc6c(-c7ccccc7)nc7ccccc7c56)c4)cc3)nc(-c3ccccc3)n2)cc1.c1ccc(-c2ccc(-c3nc(-c4ccccc4)cc(-c4ccc(-c5cccc(-c6cccc7c(-c8ccccc8)nc8ccccc8c67)c5)cc4)n3)cc2)cc1. The summed E-state index contributed by atoms with van der Waals surface area (Å²) in [5.74, 6) is 1.41. The molecule has 0 unspecified atom stereocenters. The maximum atomic E-state index is 5.16. The fraction of sp³-hybridized carbons (Fsp3) is 0. The molecule has 15 aromatic carbocycles. The fourth-order valence-corrected chi connectivity index (χ4v) is 14.5. The van der Waals surface area contributed by atoms with Gasteiger partial charge in [0.2, 0.25) is 0 Å². The van der Waals surface area contributed by atoms with Crippen molar-refractivity contribution < 1.29 is 0 Å². The molecule has 0 amide bonds. The Kier molecular flexibility index (Phi) is 17.3. The second-order valence-corrected chi connectivity index (χ2v) is 26.4. The van der Waals surface area contributed by atoms with Crippen LogP contribution >= 0.6 is 0 Å². The third kappa shape index (κ3) is 13.0. The standard InChI is InChI=1S/C53H35N3.C47H31N3/c1-4-14-36(15-5-1)37-28-32-42(33-29-37)53-55-49(39-16-6-2-7-17-39)35-50(56-53)40-30-26-38(27-31-40)43-20-12-21-44(34-43)45-23-13-24-47-51(45)46-22-10-11-25-48(46)54-52(47)41-18-8-3-9-19-41;1-4-14-33(15-5-1)43-31-44(50-47(49-43)36-18-8-3-9-19-36)34-28-26-32(27-29-34)37-20-12-21-38(30-37)39-23-13-24-41-45(39)40-22-10-11-25-42(40)48-46(41)35-16-6-2-7-17-35/h1-35H;1-31H. The molecule has 0 aliphatic carbocycles. The molecular formula is C100H66N6. The first-order chi connectivity index (χ1) is 52.5. The first kappa shape index (κ1) is 63.9. The van der Waals surface area contributed by atoms with Gasteiger partial charge >= 0.3 is 0 Å². The number of hydrogen-bond acceptors (Lipinski definition) is 6. The quantitative estimate of drug-likeness (QED) is 0.107. The van der Waals surface area contributed by atoms with Gasteiger partial charge in [-0.15, -0.1) is 0 Å². The number of hydrogen-bond donors (Lipinski definition) is 0. The number of pyridine rings is 2. The third-order valence-electron chi connectivity index (χ3n) is 19.8. The van der Waals surface area contributed by atoms with Gasteiger partial charge in [-0.1, -0.05) is 364 Å². The van der Waals surface area contributed by atoms with Crippen molar-refractivity contribution in [2.75, 3.05) is 0 Å². The minimum atomic E-state index is 0.700. The van der Waals surface area contributed by atoms with Gasteiger partial charge in [0, 0.05) is 76.8 Å². The van der Waals surface area contributed by atoms with Gasteiger partial charge in [0.15, 0.2) is 11.6 Å². The molecule has 0 aliphatic rings. The molecule has 0 atom stereocenters. The van der Waals surface area contributed by atoms with E-state index in [9.17, 15) is 0 Å². The zero-order chi connectivity index (χ0) is 70.5. The first-order valence-corrected chi connectivity index (χ1v) is 35.8. The lowest BCUT2D eigenvalue weighted by molar-refractivity contribution is 1.18. The van der Waals surface area contributed by atoms with E-state index in [0.29, 0.717) is 11.6 Å². The van der Waals surface area contributed by atoms with Gasteiger partial charge in [-0.25, -0.2) is 29.9 Å². The summed E-state index contributed by atoms with van der Waals surface area (Å²) >= 11 is 0. The van der Waals surface area contributed by atoms with E-state index in [4.69, 9.17) is 29.9 Å². The summed E-state index contributed by atoms with van der Waals surface area (Å²) in [6.07, 6.45) is 0. The van der Waals surface area contributed by atoms with Crippen LogP contribution in [-0.2, 0) is 0 Å². The summed E-state index contributed by atoms with van der Waals surface area (Å²) in [6.45, 7) is 0. The Morgan fingerprint density at radius 3 is 0.774 bits per heavy atom. The van der Waals surface area contributed by atoms with Crippen LogP contribution in [0.1, 0.15) is 0 Å². The molecule has 106 heavy (non-hydrogen) atoms. The number of nitrogens with zero attached hydrogens (tertiary/aromatic N) is 6. The van der Waals surface area contributed by atoms with E-state index in [1.54, 1.807) is 0 Å². The van der Waals surface area contributed by atoms with E-state index in [0.717, 1.165) is 139 Å². The maximum Gasteiger partial charge on any atom is 0.160 e. The lowest BCUT2D eigenvalue weighted by Crippen LogP contribution is -1.96. The average Bonchev–Trinajstić information content (AvgIpc) is 0.749. The van der Waals surface area contributed by atoms with Crippen molar-refractivity contribution in [3.05, 3.63) is 400 Å². The molecule has 0 fully saturated rings. The predicted octanol–water partition coefficient (Wildman–Crippen LogP) is 26.0. The molecule has 0 saturated heterocycles. The summed E-state index contributed by atoms with van der Waals surface area (Å²) < 4.78 is 0. The Morgan fingerprint density at radius 2 is 0.387 bits per heavy atom. The normalized spacial score (nSPS) is 11.2. The Bertz CT molecular complexity index is 6320. The maximum absolute atomic E-state index is 5.16. The summed E-state index contributed by atoms with van der Waals surface area (Å²) in [5.41, 5.74) is 27.6. The van der Waals surface area contributed by atoms with Crippen molar-refractivity contribution in [1.29, 1.82) is 0 Å². The van der Waals surface area contributed by atoms with E-state index >= 15 is 0 Å². The Balaban J connectivity index is 0.000000151. The zero-order valence-electron chi connectivity index (χ0n) is 57.8. The Morgan fingerprint density at radius 1 is 0.142 bits per heavy atom. The average molecular weight is 1350 g/mol. The van der Waals surface area contributed by atoms with Crippen molar-refractivity contribution in [2.45, 2.75) is 0 Å². The van der Waals surface area contributed by atoms with E-state index < -0.39 is 0 Å². The second-order valence-electron chi connectivity index (χ2n) is 26.4. The highest BCUT2D eigenvalue weighted by Gasteiger charge is 2.19. The molecule has 19 aromatic rings. The summed E-state index contributed by atoms with van der Waals surface area (Å²) in [5, 5.41) is 7.04. The topological polar surface area (TPSA) is 77.3 Å². The van der Waals surface area contributed by atoms with Gasteiger partial charge < -0.3 is 0 Å². The van der Waals surface area contributed by atoms with E-state index in [1.165, 1.54) is 38.6 Å².